The minimum absolute atomic E-state index is 0.0118. The summed E-state index contributed by atoms with van der Waals surface area (Å²) in [6.07, 6.45) is 10.5. The van der Waals surface area contributed by atoms with Gasteiger partial charge in [0, 0.05) is 24.7 Å². The Morgan fingerprint density at radius 2 is 1.71 bits per heavy atom. The summed E-state index contributed by atoms with van der Waals surface area (Å²) in [6.45, 7) is 6.40. The number of Topliss-reactive ketones (excluding diaryl/α,β-unsaturated/α-hetero) is 1. The number of hydrogen-bond donors (Lipinski definition) is 0. The minimum atomic E-state index is -0.247. The lowest BCUT2D eigenvalue weighted by Crippen LogP contribution is -2.56. The van der Waals surface area contributed by atoms with Gasteiger partial charge in [-0.25, -0.2) is 0 Å². The normalized spacial score (nSPS) is 52.8. The van der Waals surface area contributed by atoms with E-state index >= 15 is 0 Å². The molecule has 3 heteroatoms. The number of carbonyl (C=O) groups is 1. The molecule has 5 fully saturated rings. The van der Waals surface area contributed by atoms with E-state index < -0.39 is 0 Å². The fourth-order valence-corrected chi connectivity index (χ4v) is 7.73. The quantitative estimate of drug-likeness (QED) is 0.662. The average molecular weight is 332 g/mol. The molecule has 0 aromatic carbocycles. The van der Waals surface area contributed by atoms with E-state index in [0.717, 1.165) is 63.1 Å². The Morgan fingerprint density at radius 3 is 2.50 bits per heavy atom. The lowest BCUT2D eigenvalue weighted by Gasteiger charge is -2.61. The zero-order valence-corrected chi connectivity index (χ0v) is 15.3. The van der Waals surface area contributed by atoms with Gasteiger partial charge in [-0.2, -0.15) is 0 Å². The van der Waals surface area contributed by atoms with Gasteiger partial charge in [0.05, 0.1) is 13.2 Å². The van der Waals surface area contributed by atoms with Gasteiger partial charge in [-0.1, -0.05) is 13.8 Å². The first kappa shape index (κ1) is 15.8. The Morgan fingerprint density at radius 1 is 0.917 bits per heavy atom. The maximum Gasteiger partial charge on any atom is 0.168 e. The Hall–Kier alpha value is -0.410. The van der Waals surface area contributed by atoms with E-state index in [9.17, 15) is 4.79 Å². The van der Waals surface area contributed by atoms with Crippen LogP contribution in [0.25, 0.3) is 0 Å². The van der Waals surface area contributed by atoms with Crippen LogP contribution in [0.5, 0.6) is 0 Å². The van der Waals surface area contributed by atoms with Crippen LogP contribution < -0.4 is 0 Å². The summed E-state index contributed by atoms with van der Waals surface area (Å²) in [6, 6.07) is 0. The molecule has 0 amide bonds. The van der Waals surface area contributed by atoms with Crippen molar-refractivity contribution in [2.24, 2.45) is 34.5 Å². The van der Waals surface area contributed by atoms with Crippen LogP contribution in [0.4, 0.5) is 0 Å². The van der Waals surface area contributed by atoms with Gasteiger partial charge in [0.1, 0.15) is 5.78 Å². The minimum Gasteiger partial charge on any atom is -0.348 e. The summed E-state index contributed by atoms with van der Waals surface area (Å²) in [5.41, 5.74) is 0.453. The molecule has 1 saturated heterocycles. The van der Waals surface area contributed by atoms with Crippen LogP contribution >= 0.6 is 0 Å². The number of ketones is 1. The molecule has 1 unspecified atom stereocenters. The van der Waals surface area contributed by atoms with E-state index in [4.69, 9.17) is 9.47 Å². The van der Waals surface area contributed by atoms with Gasteiger partial charge in [0.15, 0.2) is 5.79 Å². The van der Waals surface area contributed by atoms with Crippen molar-refractivity contribution in [3.63, 3.8) is 0 Å². The fourth-order valence-electron chi connectivity index (χ4n) is 7.73. The number of ether oxygens (including phenoxy) is 2. The lowest BCUT2D eigenvalue weighted by atomic mass is 9.45. The molecule has 0 bridgehead atoms. The third-order valence-corrected chi connectivity index (χ3v) is 9.19. The summed E-state index contributed by atoms with van der Waals surface area (Å²) in [4.78, 5) is 12.5. The molecule has 3 nitrogen and oxygen atoms in total. The summed E-state index contributed by atoms with van der Waals surface area (Å²) >= 11 is 0. The molecule has 4 saturated carbocycles. The predicted molar refractivity (Wildman–Crippen MR) is 91.4 cm³/mol. The molecule has 0 aromatic heterocycles. The Kier molecular flexibility index (Phi) is 3.34. The van der Waals surface area contributed by atoms with Crippen molar-refractivity contribution in [3.8, 4) is 0 Å². The fraction of sp³-hybridized carbons (Fsp3) is 0.952. The van der Waals surface area contributed by atoms with E-state index in [2.05, 4.69) is 13.8 Å². The van der Waals surface area contributed by atoms with Gasteiger partial charge >= 0.3 is 0 Å². The smallest absolute Gasteiger partial charge is 0.168 e. The zero-order valence-electron chi connectivity index (χ0n) is 15.3. The SMILES string of the molecule is C[C@]12CCC3(CC1CC[C@@H]1[C@@H]2CC[C@]2(C)C(=O)CC[C@@H]12)OCCO3. The van der Waals surface area contributed by atoms with Crippen molar-refractivity contribution in [2.45, 2.75) is 77.4 Å². The predicted octanol–water partition coefficient (Wildman–Crippen LogP) is 4.34. The molecule has 5 aliphatic rings. The van der Waals surface area contributed by atoms with E-state index in [-0.39, 0.29) is 11.2 Å². The van der Waals surface area contributed by atoms with Gasteiger partial charge in [-0.05, 0) is 67.6 Å². The van der Waals surface area contributed by atoms with Crippen molar-refractivity contribution in [1.82, 2.24) is 0 Å². The highest BCUT2D eigenvalue weighted by molar-refractivity contribution is 5.87. The number of carbonyl (C=O) groups excluding carboxylic acids is 1. The standard InChI is InChI=1S/C21H32O3/c1-19-9-10-21(23-11-12-24-21)13-14(19)3-4-15-16-5-6-18(22)20(16,2)8-7-17(15)19/h14-17H,3-13H2,1-2H3/t14?,15-,16-,17-,19-,20-/m0/s1. The highest BCUT2D eigenvalue weighted by atomic mass is 16.7. The maximum atomic E-state index is 12.5. The van der Waals surface area contributed by atoms with Crippen molar-refractivity contribution in [2.75, 3.05) is 13.2 Å². The zero-order chi connectivity index (χ0) is 16.6. The van der Waals surface area contributed by atoms with Crippen LogP contribution in [-0.2, 0) is 14.3 Å². The summed E-state index contributed by atoms with van der Waals surface area (Å²) in [7, 11) is 0. The molecule has 0 aromatic rings. The van der Waals surface area contributed by atoms with Gasteiger partial charge in [0.25, 0.3) is 0 Å². The van der Waals surface area contributed by atoms with Crippen molar-refractivity contribution >= 4 is 5.78 Å². The summed E-state index contributed by atoms with van der Waals surface area (Å²) < 4.78 is 12.1. The summed E-state index contributed by atoms with van der Waals surface area (Å²) in [5, 5.41) is 0. The molecule has 0 radical (unpaired) electrons. The van der Waals surface area contributed by atoms with Crippen molar-refractivity contribution in [1.29, 1.82) is 0 Å². The first-order valence-electron chi connectivity index (χ1n) is 10.3. The van der Waals surface area contributed by atoms with Crippen LogP contribution in [0.3, 0.4) is 0 Å². The highest BCUT2D eigenvalue weighted by Gasteiger charge is 2.62. The molecule has 24 heavy (non-hydrogen) atoms. The van der Waals surface area contributed by atoms with Crippen LogP contribution in [-0.4, -0.2) is 24.8 Å². The maximum absolute atomic E-state index is 12.5. The topological polar surface area (TPSA) is 35.5 Å². The van der Waals surface area contributed by atoms with Crippen molar-refractivity contribution < 1.29 is 14.3 Å². The van der Waals surface area contributed by atoms with Crippen LogP contribution in [0, 0.1) is 34.5 Å². The van der Waals surface area contributed by atoms with E-state index in [1.54, 1.807) is 0 Å². The lowest BCUT2D eigenvalue weighted by molar-refractivity contribution is -0.228. The Bertz CT molecular complexity index is 551. The second kappa shape index (κ2) is 5.07. The first-order chi connectivity index (χ1) is 11.5. The van der Waals surface area contributed by atoms with Crippen LogP contribution in [0.15, 0.2) is 0 Å². The third kappa shape index (κ3) is 1.95. The van der Waals surface area contributed by atoms with Crippen LogP contribution in [0.2, 0.25) is 0 Å². The van der Waals surface area contributed by atoms with E-state index in [1.807, 2.05) is 0 Å². The second-order valence-corrected chi connectivity index (χ2v) is 9.89. The summed E-state index contributed by atoms with van der Waals surface area (Å²) in [5.74, 6) is 3.33. The number of fused-ring (bicyclic) bond motifs is 5. The third-order valence-electron chi connectivity index (χ3n) is 9.19. The van der Waals surface area contributed by atoms with E-state index in [0.29, 0.717) is 17.1 Å². The molecule has 1 aliphatic heterocycles. The molecule has 0 N–H and O–H groups in total. The number of rotatable bonds is 0. The monoisotopic (exact) mass is 332 g/mol. The Labute approximate surface area is 145 Å². The molecule has 134 valence electrons. The van der Waals surface area contributed by atoms with Crippen molar-refractivity contribution in [3.05, 3.63) is 0 Å². The van der Waals surface area contributed by atoms with Gasteiger partial charge < -0.3 is 9.47 Å². The Balaban J connectivity index is 1.42. The molecule has 1 spiro atoms. The first-order valence-corrected chi connectivity index (χ1v) is 10.3. The average Bonchev–Trinajstić information content (AvgIpc) is 3.14. The molecule has 5 rings (SSSR count). The van der Waals surface area contributed by atoms with E-state index in [1.165, 1.54) is 25.7 Å². The van der Waals surface area contributed by atoms with Crippen LogP contribution in [0.1, 0.15) is 71.6 Å². The largest absolute Gasteiger partial charge is 0.348 e. The van der Waals surface area contributed by atoms with Gasteiger partial charge in [-0.3, -0.25) is 4.79 Å². The molecular weight excluding hydrogens is 300 g/mol. The molecular formula is C21H32O3. The molecule has 4 aliphatic carbocycles. The van der Waals surface area contributed by atoms with Gasteiger partial charge in [0.2, 0.25) is 0 Å². The highest BCUT2D eigenvalue weighted by Crippen LogP contribution is 2.66. The molecule has 1 heterocycles. The number of hydrogen-bond acceptors (Lipinski definition) is 3. The molecule has 6 atom stereocenters. The van der Waals surface area contributed by atoms with Gasteiger partial charge in [-0.15, -0.1) is 0 Å². The second-order valence-electron chi connectivity index (χ2n) is 9.89.